The number of halogens is 3. The first kappa shape index (κ1) is 27.6. The molecule has 11 heteroatoms. The molecule has 0 amide bonds. The maximum atomic E-state index is 14.7. The molecule has 40 heavy (non-hydrogen) atoms. The van der Waals surface area contributed by atoms with Gasteiger partial charge in [0.15, 0.2) is 5.82 Å². The molecule has 210 valence electrons. The molecular weight excluding hydrogens is 578 g/mol. The van der Waals surface area contributed by atoms with Gasteiger partial charge in [-0.25, -0.2) is 14.2 Å². The van der Waals surface area contributed by atoms with Crippen molar-refractivity contribution in [1.29, 1.82) is 0 Å². The Hall–Kier alpha value is -2.56. The van der Waals surface area contributed by atoms with Crippen LogP contribution in [0.4, 0.5) is 4.39 Å². The van der Waals surface area contributed by atoms with E-state index in [1.165, 1.54) is 6.07 Å². The Labute approximate surface area is 243 Å². The highest BCUT2D eigenvalue weighted by molar-refractivity contribution is 7.18. The van der Waals surface area contributed by atoms with Crippen LogP contribution in [0.25, 0.3) is 21.5 Å². The summed E-state index contributed by atoms with van der Waals surface area (Å²) in [6.45, 7) is 4.28. The monoisotopic (exact) mass is 604 g/mol. The SMILES string of the molecule is CC(C)c1onc(-c2c(Cl)cccc2Cl)c1CO[C@@H]1C[C@H]2CC[C@@H](C1)[C@]2(O)c1nc2c(F)cc(C(=O)O)cc2s1. The number of hydrogen-bond acceptors (Lipinski definition) is 7. The number of nitrogens with zero attached hydrogens (tertiary/aromatic N) is 2. The smallest absolute Gasteiger partial charge is 0.335 e. The second-order valence-corrected chi connectivity index (χ2v) is 12.8. The summed E-state index contributed by atoms with van der Waals surface area (Å²) in [5.41, 5.74) is 0.707. The van der Waals surface area contributed by atoms with E-state index in [1.54, 1.807) is 18.2 Å². The standard InChI is InChI=1S/C29H27Cl2FN2O5S/c1-13(2)26-18(24(34-39-26)23-19(30)4-3-5-20(23)31)12-38-17-10-15-6-7-16(11-17)29(15,37)28-33-25-21(32)8-14(27(35)36)9-22(25)40-28/h3-5,8-9,13,15-17,37H,6-7,10-12H2,1-2H3,(H,35,36)/t15-,16+,17-,29+. The van der Waals surface area contributed by atoms with Crippen LogP contribution in [0.5, 0.6) is 0 Å². The van der Waals surface area contributed by atoms with Gasteiger partial charge < -0.3 is 19.5 Å². The van der Waals surface area contributed by atoms with Gasteiger partial charge in [0, 0.05) is 17.0 Å². The predicted octanol–water partition coefficient (Wildman–Crippen LogP) is 7.81. The van der Waals surface area contributed by atoms with E-state index >= 15 is 0 Å². The van der Waals surface area contributed by atoms with Crippen LogP contribution in [0.2, 0.25) is 10.0 Å². The van der Waals surface area contributed by atoms with Crippen LogP contribution >= 0.6 is 34.5 Å². The van der Waals surface area contributed by atoms with Crippen molar-refractivity contribution < 1.29 is 28.7 Å². The summed E-state index contributed by atoms with van der Waals surface area (Å²) in [7, 11) is 0. The van der Waals surface area contributed by atoms with Gasteiger partial charge in [-0.3, -0.25) is 0 Å². The highest BCUT2D eigenvalue weighted by Gasteiger charge is 2.56. The normalized spacial score (nSPS) is 24.3. The van der Waals surface area contributed by atoms with Crippen molar-refractivity contribution in [3.05, 3.63) is 68.1 Å². The molecule has 2 saturated carbocycles. The van der Waals surface area contributed by atoms with E-state index < -0.39 is 17.4 Å². The Bertz CT molecular complexity index is 1590. The van der Waals surface area contributed by atoms with E-state index in [9.17, 15) is 19.4 Å². The summed E-state index contributed by atoms with van der Waals surface area (Å²) in [5.74, 6) is -1.38. The molecule has 2 aliphatic rings. The Balaban J connectivity index is 1.25. The first-order chi connectivity index (χ1) is 19.1. The number of carbonyl (C=O) groups is 1. The zero-order chi connectivity index (χ0) is 28.3. The van der Waals surface area contributed by atoms with Gasteiger partial charge in [0.1, 0.15) is 27.6 Å². The molecule has 4 atom stereocenters. The average Bonchev–Trinajstić information content (AvgIpc) is 3.55. The van der Waals surface area contributed by atoms with Gasteiger partial charge >= 0.3 is 5.97 Å². The van der Waals surface area contributed by atoms with Gasteiger partial charge in [-0.2, -0.15) is 0 Å². The van der Waals surface area contributed by atoms with Crippen LogP contribution in [-0.4, -0.2) is 32.4 Å². The minimum Gasteiger partial charge on any atom is -0.478 e. The van der Waals surface area contributed by atoms with Crippen molar-refractivity contribution in [2.75, 3.05) is 0 Å². The first-order valence-corrected chi connectivity index (χ1v) is 14.8. The number of fused-ring (bicyclic) bond motifs is 3. The van der Waals surface area contributed by atoms with Gasteiger partial charge in [-0.15, -0.1) is 11.3 Å². The molecule has 6 rings (SSSR count). The lowest BCUT2D eigenvalue weighted by atomic mass is 9.73. The molecule has 0 aliphatic heterocycles. The first-order valence-electron chi connectivity index (χ1n) is 13.2. The zero-order valence-corrected chi connectivity index (χ0v) is 24.1. The molecule has 2 fully saturated rings. The molecule has 0 unspecified atom stereocenters. The Kier molecular flexibility index (Phi) is 7.15. The third-order valence-electron chi connectivity index (χ3n) is 8.25. The van der Waals surface area contributed by atoms with E-state index in [1.807, 2.05) is 13.8 Å². The van der Waals surface area contributed by atoms with Crippen LogP contribution < -0.4 is 0 Å². The molecule has 2 bridgehead atoms. The zero-order valence-electron chi connectivity index (χ0n) is 21.8. The largest absolute Gasteiger partial charge is 0.478 e. The summed E-state index contributed by atoms with van der Waals surface area (Å²) in [4.78, 5) is 15.9. The lowest BCUT2D eigenvalue weighted by molar-refractivity contribution is -0.116. The molecule has 7 nitrogen and oxygen atoms in total. The number of benzene rings is 2. The number of rotatable bonds is 7. The van der Waals surface area contributed by atoms with Crippen LogP contribution in [0.3, 0.4) is 0 Å². The van der Waals surface area contributed by atoms with Crippen LogP contribution in [-0.2, 0) is 16.9 Å². The highest BCUT2D eigenvalue weighted by Crippen LogP contribution is 2.57. The molecule has 2 aliphatic carbocycles. The molecule has 2 aromatic heterocycles. The van der Waals surface area contributed by atoms with E-state index in [2.05, 4.69) is 10.1 Å². The Morgan fingerprint density at radius 1 is 1.23 bits per heavy atom. The summed E-state index contributed by atoms with van der Waals surface area (Å²) >= 11 is 14.1. The number of ether oxygens (including phenoxy) is 1. The maximum Gasteiger partial charge on any atom is 0.335 e. The van der Waals surface area contributed by atoms with Gasteiger partial charge in [0.2, 0.25) is 0 Å². The number of aliphatic hydroxyl groups is 1. The van der Waals surface area contributed by atoms with Gasteiger partial charge in [-0.1, -0.05) is 48.3 Å². The minimum atomic E-state index is -1.21. The number of aromatic carboxylic acids is 1. The second kappa shape index (κ2) is 10.4. The van der Waals surface area contributed by atoms with Crippen molar-refractivity contribution in [1.82, 2.24) is 10.1 Å². The summed E-state index contributed by atoms with van der Waals surface area (Å²) < 4.78 is 27.2. The van der Waals surface area contributed by atoms with E-state index in [4.69, 9.17) is 32.5 Å². The number of hydrogen-bond donors (Lipinski definition) is 2. The summed E-state index contributed by atoms with van der Waals surface area (Å²) in [6, 6.07) is 7.67. The van der Waals surface area contributed by atoms with Crippen molar-refractivity contribution in [3.8, 4) is 11.3 Å². The number of carboxylic acid groups (broad SMARTS) is 1. The quantitative estimate of drug-likeness (QED) is 0.221. The van der Waals surface area contributed by atoms with E-state index in [-0.39, 0.29) is 41.5 Å². The molecule has 0 spiro atoms. The Morgan fingerprint density at radius 2 is 1.90 bits per heavy atom. The van der Waals surface area contributed by atoms with Crippen LogP contribution in [0.1, 0.15) is 72.1 Å². The third kappa shape index (κ3) is 4.52. The molecule has 4 aromatic rings. The second-order valence-electron chi connectivity index (χ2n) is 11.0. The number of carboxylic acids is 1. The van der Waals surface area contributed by atoms with Gasteiger partial charge in [0.05, 0.1) is 33.0 Å². The lowest BCUT2D eigenvalue weighted by Crippen LogP contribution is -2.44. The molecule has 0 saturated heterocycles. The van der Waals surface area contributed by atoms with Crippen molar-refractivity contribution in [3.63, 3.8) is 0 Å². The topological polar surface area (TPSA) is 106 Å². The van der Waals surface area contributed by atoms with E-state index in [0.717, 1.165) is 35.8 Å². The molecular formula is C29H27Cl2FN2O5S. The fourth-order valence-corrected chi connectivity index (χ4v) is 8.15. The highest BCUT2D eigenvalue weighted by atomic mass is 35.5. The maximum absolute atomic E-state index is 14.7. The predicted molar refractivity (Wildman–Crippen MR) is 151 cm³/mol. The summed E-state index contributed by atoms with van der Waals surface area (Å²) in [6.07, 6.45) is 2.69. The van der Waals surface area contributed by atoms with Gasteiger partial charge in [-0.05, 0) is 61.8 Å². The van der Waals surface area contributed by atoms with Gasteiger partial charge in [0.25, 0.3) is 0 Å². The molecule has 2 heterocycles. The van der Waals surface area contributed by atoms with Crippen molar-refractivity contribution in [2.24, 2.45) is 11.8 Å². The average molecular weight is 606 g/mol. The fraction of sp³-hybridized carbons (Fsp3) is 0.414. The van der Waals surface area contributed by atoms with Crippen molar-refractivity contribution >= 4 is 50.7 Å². The number of thiazole rings is 1. The minimum absolute atomic E-state index is 0.0646. The molecule has 0 radical (unpaired) electrons. The van der Waals surface area contributed by atoms with E-state index in [0.29, 0.717) is 49.6 Å². The molecule has 2 aromatic carbocycles. The van der Waals surface area contributed by atoms with Crippen LogP contribution in [0, 0.1) is 17.7 Å². The van der Waals surface area contributed by atoms with Crippen molar-refractivity contribution in [2.45, 2.75) is 63.8 Å². The number of aromatic nitrogens is 2. The van der Waals surface area contributed by atoms with Crippen LogP contribution in [0.15, 0.2) is 34.9 Å². The third-order valence-corrected chi connectivity index (χ3v) is 10.0. The summed E-state index contributed by atoms with van der Waals surface area (Å²) in [5, 5.41) is 26.9. The molecule has 2 N–H and O–H groups in total. The fourth-order valence-electron chi connectivity index (χ4n) is 6.31. The Morgan fingerprint density at radius 3 is 2.52 bits per heavy atom. The lowest BCUT2D eigenvalue weighted by Gasteiger charge is -2.41.